The molecule has 114 valence electrons. The van der Waals surface area contributed by atoms with E-state index >= 15 is 0 Å². The molecule has 3 N–H and O–H groups in total. The Morgan fingerprint density at radius 3 is 2.36 bits per heavy atom. The summed E-state index contributed by atoms with van der Waals surface area (Å²) in [5.74, 6) is -4.59. The minimum atomic E-state index is -1.75. The lowest BCUT2D eigenvalue weighted by Gasteiger charge is -2.10. The van der Waals surface area contributed by atoms with Crippen LogP contribution in [0.25, 0.3) is 0 Å². The standard InChI is InChI=1S/C13H9ClN2O6/c14-7-4-2-1-3-6(7)5-16-11(18)8(12(19)20)10(17)9(15-16)13(21)22/h1-4,17H,5H2,(H,19,20)(H,21,22). The highest BCUT2D eigenvalue weighted by Crippen LogP contribution is 2.19. The summed E-state index contributed by atoms with van der Waals surface area (Å²) >= 11 is 5.94. The average molecular weight is 325 g/mol. The molecule has 9 heteroatoms. The predicted molar refractivity (Wildman–Crippen MR) is 74.6 cm³/mol. The van der Waals surface area contributed by atoms with Gasteiger partial charge in [0.1, 0.15) is 0 Å². The maximum atomic E-state index is 12.0. The largest absolute Gasteiger partial charge is 0.504 e. The van der Waals surface area contributed by atoms with Crippen LogP contribution in [-0.4, -0.2) is 37.0 Å². The fourth-order valence-electron chi connectivity index (χ4n) is 1.79. The van der Waals surface area contributed by atoms with Crippen molar-refractivity contribution in [1.82, 2.24) is 9.78 Å². The van der Waals surface area contributed by atoms with Gasteiger partial charge in [0.15, 0.2) is 11.3 Å². The van der Waals surface area contributed by atoms with Crippen molar-refractivity contribution >= 4 is 23.5 Å². The number of hydrogen-bond donors (Lipinski definition) is 3. The lowest BCUT2D eigenvalue weighted by molar-refractivity contribution is 0.0680. The van der Waals surface area contributed by atoms with Crippen LogP contribution in [0, 0.1) is 0 Å². The fraction of sp³-hybridized carbons (Fsp3) is 0.0769. The molecule has 0 bridgehead atoms. The van der Waals surface area contributed by atoms with Gasteiger partial charge in [0.05, 0.1) is 6.54 Å². The Kier molecular flexibility index (Phi) is 4.13. The SMILES string of the molecule is O=C(O)c1nn(Cc2ccccc2Cl)c(=O)c(C(=O)O)c1O. The second-order valence-corrected chi connectivity index (χ2v) is 4.64. The maximum absolute atomic E-state index is 12.0. The molecular formula is C13H9ClN2O6. The van der Waals surface area contributed by atoms with Crippen molar-refractivity contribution in [2.75, 3.05) is 0 Å². The van der Waals surface area contributed by atoms with E-state index < -0.39 is 34.5 Å². The van der Waals surface area contributed by atoms with Crippen molar-refractivity contribution in [1.29, 1.82) is 0 Å². The fourth-order valence-corrected chi connectivity index (χ4v) is 1.99. The summed E-state index contributed by atoms with van der Waals surface area (Å²) in [7, 11) is 0. The molecule has 0 saturated heterocycles. The average Bonchev–Trinajstić information content (AvgIpc) is 2.43. The van der Waals surface area contributed by atoms with Crippen LogP contribution < -0.4 is 5.56 Å². The molecule has 0 unspecified atom stereocenters. The molecule has 0 saturated carbocycles. The van der Waals surface area contributed by atoms with Crippen LogP contribution in [0.5, 0.6) is 5.75 Å². The zero-order valence-corrected chi connectivity index (χ0v) is 11.6. The molecule has 1 aromatic heterocycles. The Morgan fingerprint density at radius 1 is 1.18 bits per heavy atom. The molecule has 0 aliphatic rings. The molecule has 8 nitrogen and oxygen atoms in total. The highest BCUT2D eigenvalue weighted by molar-refractivity contribution is 6.31. The molecule has 2 aromatic rings. The lowest BCUT2D eigenvalue weighted by Crippen LogP contribution is -2.31. The minimum absolute atomic E-state index is 0.237. The van der Waals surface area contributed by atoms with Gasteiger partial charge in [-0.15, -0.1) is 0 Å². The lowest BCUT2D eigenvalue weighted by atomic mass is 10.2. The van der Waals surface area contributed by atoms with Crippen LogP contribution >= 0.6 is 11.6 Å². The molecule has 1 aromatic carbocycles. The molecule has 0 fully saturated rings. The third-order valence-electron chi connectivity index (χ3n) is 2.82. The smallest absolute Gasteiger partial charge is 0.360 e. The van der Waals surface area contributed by atoms with Crippen molar-refractivity contribution in [3.05, 3.63) is 56.5 Å². The van der Waals surface area contributed by atoms with E-state index in [0.717, 1.165) is 0 Å². The summed E-state index contributed by atoms with van der Waals surface area (Å²) in [4.78, 5) is 34.1. The Bertz CT molecular complexity index is 830. The molecule has 1 heterocycles. The molecule has 2 rings (SSSR count). The topological polar surface area (TPSA) is 130 Å². The molecule has 0 spiro atoms. The van der Waals surface area contributed by atoms with Crippen molar-refractivity contribution in [3.8, 4) is 5.75 Å². The highest BCUT2D eigenvalue weighted by Gasteiger charge is 2.26. The number of hydrogen-bond acceptors (Lipinski definition) is 5. The Hall–Kier alpha value is -2.87. The summed E-state index contributed by atoms with van der Waals surface area (Å²) in [5.41, 5.74) is -2.67. The van der Waals surface area contributed by atoms with Gasteiger partial charge in [0.25, 0.3) is 5.56 Å². The van der Waals surface area contributed by atoms with E-state index in [0.29, 0.717) is 15.3 Å². The van der Waals surface area contributed by atoms with E-state index in [4.69, 9.17) is 21.8 Å². The molecule has 22 heavy (non-hydrogen) atoms. The first-order valence-corrected chi connectivity index (χ1v) is 6.24. The first kappa shape index (κ1) is 15.5. The number of carboxylic acid groups (broad SMARTS) is 2. The van der Waals surface area contributed by atoms with E-state index in [1.807, 2.05) is 0 Å². The van der Waals surface area contributed by atoms with Crippen LogP contribution in [0.2, 0.25) is 5.02 Å². The number of aromatic nitrogens is 2. The predicted octanol–water partition coefficient (Wildman–Crippen LogP) is 1.05. The zero-order chi connectivity index (χ0) is 16.4. The quantitative estimate of drug-likeness (QED) is 0.766. The van der Waals surface area contributed by atoms with E-state index in [2.05, 4.69) is 5.10 Å². The summed E-state index contributed by atoms with van der Waals surface area (Å²) in [6.07, 6.45) is 0. The van der Waals surface area contributed by atoms with Crippen molar-refractivity contribution in [3.63, 3.8) is 0 Å². The minimum Gasteiger partial charge on any atom is -0.504 e. The van der Waals surface area contributed by atoms with Crippen LogP contribution in [0.3, 0.4) is 0 Å². The summed E-state index contributed by atoms with van der Waals surface area (Å²) in [6.45, 7) is -0.237. The number of nitrogens with zero attached hydrogens (tertiary/aromatic N) is 2. The molecule has 0 atom stereocenters. The van der Waals surface area contributed by atoms with Gasteiger partial charge in [0.2, 0.25) is 5.69 Å². The highest BCUT2D eigenvalue weighted by atomic mass is 35.5. The van der Waals surface area contributed by atoms with Crippen molar-refractivity contribution in [2.24, 2.45) is 0 Å². The summed E-state index contributed by atoms with van der Waals surface area (Å²) in [6, 6.07) is 6.43. The Balaban J connectivity index is 2.66. The number of benzene rings is 1. The van der Waals surface area contributed by atoms with Crippen molar-refractivity contribution in [2.45, 2.75) is 6.54 Å². The first-order valence-electron chi connectivity index (χ1n) is 5.87. The summed E-state index contributed by atoms with van der Waals surface area (Å²) in [5, 5.41) is 31.3. The number of carboxylic acids is 2. The van der Waals surface area contributed by atoms with Gasteiger partial charge in [-0.25, -0.2) is 14.3 Å². The Labute approximate surface area is 127 Å². The van der Waals surface area contributed by atoms with Crippen LogP contribution in [0.15, 0.2) is 29.1 Å². The third-order valence-corrected chi connectivity index (χ3v) is 3.19. The summed E-state index contributed by atoms with van der Waals surface area (Å²) < 4.78 is 0.633. The van der Waals surface area contributed by atoms with Gasteiger partial charge < -0.3 is 15.3 Å². The number of halogens is 1. The van der Waals surface area contributed by atoms with Crippen LogP contribution in [-0.2, 0) is 6.54 Å². The van der Waals surface area contributed by atoms with Crippen LogP contribution in [0.1, 0.15) is 26.4 Å². The van der Waals surface area contributed by atoms with Gasteiger partial charge in [-0.05, 0) is 11.6 Å². The molecule has 0 aliphatic heterocycles. The Morgan fingerprint density at radius 2 is 1.82 bits per heavy atom. The normalized spacial score (nSPS) is 10.4. The van der Waals surface area contributed by atoms with Gasteiger partial charge in [-0.2, -0.15) is 5.10 Å². The second-order valence-electron chi connectivity index (χ2n) is 4.24. The second kappa shape index (κ2) is 5.86. The van der Waals surface area contributed by atoms with Crippen LogP contribution in [0.4, 0.5) is 0 Å². The van der Waals surface area contributed by atoms with Gasteiger partial charge in [-0.1, -0.05) is 29.8 Å². The van der Waals surface area contributed by atoms with E-state index in [1.165, 1.54) is 0 Å². The molecule has 0 amide bonds. The van der Waals surface area contributed by atoms with Gasteiger partial charge >= 0.3 is 11.9 Å². The molecule has 0 radical (unpaired) electrons. The van der Waals surface area contributed by atoms with E-state index in [1.54, 1.807) is 24.3 Å². The van der Waals surface area contributed by atoms with Gasteiger partial charge in [-0.3, -0.25) is 4.79 Å². The third kappa shape index (κ3) is 2.77. The number of carbonyl (C=O) groups is 2. The van der Waals surface area contributed by atoms with Gasteiger partial charge in [0, 0.05) is 5.02 Å². The zero-order valence-electron chi connectivity index (χ0n) is 10.9. The number of aromatic hydroxyl groups is 1. The molecular weight excluding hydrogens is 316 g/mol. The van der Waals surface area contributed by atoms with E-state index in [9.17, 15) is 19.5 Å². The number of rotatable bonds is 4. The maximum Gasteiger partial charge on any atom is 0.360 e. The molecule has 0 aliphatic carbocycles. The number of aromatic carboxylic acids is 2. The van der Waals surface area contributed by atoms with E-state index in [-0.39, 0.29) is 6.54 Å². The first-order chi connectivity index (χ1) is 10.3. The van der Waals surface area contributed by atoms with Crippen molar-refractivity contribution < 1.29 is 24.9 Å². The monoisotopic (exact) mass is 324 g/mol.